The van der Waals surface area contributed by atoms with Crippen molar-refractivity contribution in [1.82, 2.24) is 0 Å². The van der Waals surface area contributed by atoms with Gasteiger partial charge >= 0.3 is 0 Å². The van der Waals surface area contributed by atoms with Crippen LogP contribution in [0.4, 0.5) is 0 Å². The summed E-state index contributed by atoms with van der Waals surface area (Å²) < 4.78 is 0. The van der Waals surface area contributed by atoms with Gasteiger partial charge in [-0.05, 0) is 28.7 Å². The van der Waals surface area contributed by atoms with Crippen molar-refractivity contribution in [3.8, 4) is 0 Å². The van der Waals surface area contributed by atoms with Crippen LogP contribution in [0.25, 0.3) is 0 Å². The Morgan fingerprint density at radius 1 is 0.485 bits per heavy atom. The minimum Gasteiger partial charge on any atom is -0.0654 e. The molecule has 0 aliphatic carbocycles. The highest BCUT2D eigenvalue weighted by Gasteiger charge is 2.43. The zero-order valence-electron chi connectivity index (χ0n) is 19.9. The van der Waals surface area contributed by atoms with Crippen LogP contribution in [0.1, 0.15) is 73.6 Å². The van der Waals surface area contributed by atoms with E-state index in [1.807, 2.05) is 0 Å². The van der Waals surface area contributed by atoms with E-state index < -0.39 is 0 Å². The van der Waals surface area contributed by atoms with E-state index in [2.05, 4.69) is 128 Å². The Labute approximate surface area is 200 Å². The molecule has 0 spiro atoms. The van der Waals surface area contributed by atoms with Crippen LogP contribution in [-0.4, -0.2) is 0 Å². The summed E-state index contributed by atoms with van der Waals surface area (Å²) in [5.41, 5.74) is 5.26. The summed E-state index contributed by atoms with van der Waals surface area (Å²) in [6.45, 7) is 2.29. The van der Waals surface area contributed by atoms with E-state index >= 15 is 0 Å². The second kappa shape index (κ2) is 11.7. The van der Waals surface area contributed by atoms with Crippen LogP contribution in [0.3, 0.4) is 0 Å². The molecule has 0 saturated heterocycles. The van der Waals surface area contributed by atoms with E-state index in [4.69, 9.17) is 0 Å². The Balaban J connectivity index is 1.94. The van der Waals surface area contributed by atoms with Gasteiger partial charge in [0.15, 0.2) is 0 Å². The first kappa shape index (κ1) is 23.1. The zero-order valence-corrected chi connectivity index (χ0v) is 19.9. The molecule has 1 atom stereocenters. The summed E-state index contributed by atoms with van der Waals surface area (Å²) in [6.07, 6.45) is 7.64. The van der Waals surface area contributed by atoms with Gasteiger partial charge in [-0.25, -0.2) is 0 Å². The lowest BCUT2D eigenvalue weighted by Gasteiger charge is -2.43. The molecular formula is C33H36. The van der Waals surface area contributed by atoms with E-state index in [1.165, 1.54) is 54.4 Å². The number of rotatable bonds is 11. The van der Waals surface area contributed by atoms with Gasteiger partial charge in [-0.15, -0.1) is 0 Å². The molecular weight excluding hydrogens is 396 g/mol. The van der Waals surface area contributed by atoms with Crippen molar-refractivity contribution in [3.63, 3.8) is 0 Å². The molecule has 0 bridgehead atoms. The highest BCUT2D eigenvalue weighted by Crippen LogP contribution is 2.51. The minimum atomic E-state index is -0.254. The van der Waals surface area contributed by atoms with Crippen LogP contribution in [0, 0.1) is 0 Å². The van der Waals surface area contributed by atoms with E-state index in [-0.39, 0.29) is 5.41 Å². The Bertz CT molecular complexity index is 955. The van der Waals surface area contributed by atoms with E-state index in [0.29, 0.717) is 5.92 Å². The number of unbranched alkanes of at least 4 members (excludes halogenated alkanes) is 4. The molecule has 4 rings (SSSR count). The lowest BCUT2D eigenvalue weighted by Crippen LogP contribution is -2.36. The molecule has 0 heteroatoms. The molecule has 33 heavy (non-hydrogen) atoms. The minimum absolute atomic E-state index is 0.254. The van der Waals surface area contributed by atoms with Gasteiger partial charge in [0.05, 0.1) is 5.41 Å². The largest absolute Gasteiger partial charge is 0.0654 e. The summed E-state index contributed by atoms with van der Waals surface area (Å²) in [7, 11) is 0. The van der Waals surface area contributed by atoms with Crippen LogP contribution in [0.5, 0.6) is 0 Å². The van der Waals surface area contributed by atoms with Crippen molar-refractivity contribution in [3.05, 3.63) is 144 Å². The third-order valence-electron chi connectivity index (χ3n) is 7.01. The maximum absolute atomic E-state index is 2.33. The van der Waals surface area contributed by atoms with Crippen LogP contribution in [0.15, 0.2) is 121 Å². The maximum atomic E-state index is 2.33. The summed E-state index contributed by atoms with van der Waals surface area (Å²) in [5, 5.41) is 0. The Morgan fingerprint density at radius 3 is 1.30 bits per heavy atom. The fourth-order valence-electron chi connectivity index (χ4n) is 5.48. The first-order chi connectivity index (χ1) is 16.4. The fourth-order valence-corrected chi connectivity index (χ4v) is 5.48. The van der Waals surface area contributed by atoms with Crippen LogP contribution in [0.2, 0.25) is 0 Å². The SMILES string of the molecule is CCCCCCCC(c1ccccc1)C(c1ccccc1)(c1ccccc1)c1ccccc1. The summed E-state index contributed by atoms with van der Waals surface area (Å²) in [4.78, 5) is 0. The van der Waals surface area contributed by atoms with Crippen LogP contribution < -0.4 is 0 Å². The molecule has 0 heterocycles. The quantitative estimate of drug-likeness (QED) is 0.164. The molecule has 0 aliphatic heterocycles. The van der Waals surface area contributed by atoms with Crippen molar-refractivity contribution >= 4 is 0 Å². The molecule has 0 N–H and O–H groups in total. The van der Waals surface area contributed by atoms with E-state index in [1.54, 1.807) is 0 Å². The van der Waals surface area contributed by atoms with Crippen LogP contribution >= 0.6 is 0 Å². The summed E-state index contributed by atoms with van der Waals surface area (Å²) in [6, 6.07) is 44.7. The Morgan fingerprint density at radius 2 is 0.879 bits per heavy atom. The molecule has 1 unspecified atom stereocenters. The molecule has 0 aromatic heterocycles. The second-order valence-electron chi connectivity index (χ2n) is 9.07. The number of hydrogen-bond acceptors (Lipinski definition) is 0. The standard InChI is InChI=1S/C33H36/c1-2-3-4-5-18-27-32(28-19-10-6-11-20-28)33(29-21-12-7-13-22-29,30-23-14-8-15-24-30)31-25-16-9-17-26-31/h6-17,19-26,32H,2-5,18,27H2,1H3. The fraction of sp³-hybridized carbons (Fsp3) is 0.273. The van der Waals surface area contributed by atoms with Gasteiger partial charge in [-0.2, -0.15) is 0 Å². The predicted molar refractivity (Wildman–Crippen MR) is 142 cm³/mol. The molecule has 0 aliphatic rings. The van der Waals surface area contributed by atoms with Crippen molar-refractivity contribution < 1.29 is 0 Å². The predicted octanol–water partition coefficient (Wildman–Crippen LogP) is 9.17. The van der Waals surface area contributed by atoms with Crippen LogP contribution in [-0.2, 0) is 5.41 Å². The zero-order chi connectivity index (χ0) is 22.8. The number of hydrogen-bond donors (Lipinski definition) is 0. The second-order valence-corrected chi connectivity index (χ2v) is 9.07. The first-order valence-corrected chi connectivity index (χ1v) is 12.6. The Hall–Kier alpha value is -3.12. The van der Waals surface area contributed by atoms with E-state index in [0.717, 1.165) is 6.42 Å². The molecule has 0 nitrogen and oxygen atoms in total. The van der Waals surface area contributed by atoms with Crippen molar-refractivity contribution in [2.24, 2.45) is 0 Å². The normalized spacial score (nSPS) is 12.4. The number of benzene rings is 4. The van der Waals surface area contributed by atoms with Crippen molar-refractivity contribution in [1.29, 1.82) is 0 Å². The maximum Gasteiger partial charge on any atom is 0.0519 e. The Kier molecular flexibility index (Phi) is 8.14. The van der Waals surface area contributed by atoms with E-state index in [9.17, 15) is 0 Å². The van der Waals surface area contributed by atoms with Gasteiger partial charge in [0.25, 0.3) is 0 Å². The molecule has 0 saturated carbocycles. The summed E-state index contributed by atoms with van der Waals surface area (Å²) in [5.74, 6) is 0.340. The monoisotopic (exact) mass is 432 g/mol. The van der Waals surface area contributed by atoms with Gasteiger partial charge < -0.3 is 0 Å². The highest BCUT2D eigenvalue weighted by molar-refractivity contribution is 5.54. The average molecular weight is 433 g/mol. The molecule has 168 valence electrons. The third kappa shape index (κ3) is 5.11. The first-order valence-electron chi connectivity index (χ1n) is 12.6. The molecule has 4 aromatic rings. The molecule has 0 amide bonds. The molecule has 0 radical (unpaired) electrons. The lowest BCUT2D eigenvalue weighted by atomic mass is 9.59. The van der Waals surface area contributed by atoms with Gasteiger partial charge in [-0.1, -0.05) is 160 Å². The third-order valence-corrected chi connectivity index (χ3v) is 7.01. The van der Waals surface area contributed by atoms with Gasteiger partial charge in [0.2, 0.25) is 0 Å². The van der Waals surface area contributed by atoms with Crippen molar-refractivity contribution in [2.75, 3.05) is 0 Å². The topological polar surface area (TPSA) is 0 Å². The van der Waals surface area contributed by atoms with Gasteiger partial charge in [-0.3, -0.25) is 0 Å². The van der Waals surface area contributed by atoms with Gasteiger partial charge in [0.1, 0.15) is 0 Å². The average Bonchev–Trinajstić information content (AvgIpc) is 2.90. The lowest BCUT2D eigenvalue weighted by molar-refractivity contribution is 0.428. The van der Waals surface area contributed by atoms with Gasteiger partial charge in [0, 0.05) is 5.92 Å². The molecule has 0 fully saturated rings. The summed E-state index contributed by atoms with van der Waals surface area (Å²) >= 11 is 0. The van der Waals surface area contributed by atoms with Crippen molar-refractivity contribution in [2.45, 2.75) is 56.8 Å². The molecule has 4 aromatic carbocycles. The highest BCUT2D eigenvalue weighted by atomic mass is 14.5. The smallest absolute Gasteiger partial charge is 0.0519 e.